The van der Waals surface area contributed by atoms with Crippen LogP contribution in [0.5, 0.6) is 0 Å². The molecule has 2 aromatic heterocycles. The van der Waals surface area contributed by atoms with E-state index in [-0.39, 0.29) is 0 Å². The summed E-state index contributed by atoms with van der Waals surface area (Å²) in [7, 11) is 2.05. The molecule has 0 unspecified atom stereocenters. The van der Waals surface area contributed by atoms with E-state index in [0.29, 0.717) is 5.92 Å². The van der Waals surface area contributed by atoms with Gasteiger partial charge in [0, 0.05) is 23.6 Å². The first kappa shape index (κ1) is 8.41. The molecule has 1 aliphatic rings. The Morgan fingerprint density at radius 3 is 3.00 bits per heavy atom. The molecule has 2 aromatic rings. The van der Waals surface area contributed by atoms with Gasteiger partial charge in [-0.05, 0) is 34.8 Å². The molecule has 0 spiro atoms. The second-order valence-electron chi connectivity index (χ2n) is 3.80. The topological polar surface area (TPSA) is 30.7 Å². The molecule has 1 fully saturated rings. The molecule has 0 saturated heterocycles. The van der Waals surface area contributed by atoms with Gasteiger partial charge in [-0.2, -0.15) is 0 Å². The van der Waals surface area contributed by atoms with Crippen molar-refractivity contribution in [2.75, 3.05) is 0 Å². The van der Waals surface area contributed by atoms with Crippen LogP contribution in [0.15, 0.2) is 16.7 Å². The number of hydrogen-bond donors (Lipinski definition) is 0. The van der Waals surface area contributed by atoms with Crippen molar-refractivity contribution < 1.29 is 0 Å². The average molecular weight is 252 g/mol. The van der Waals surface area contributed by atoms with Gasteiger partial charge in [-0.25, -0.2) is 9.97 Å². The number of rotatable bonds is 1. The SMILES string of the molecule is Cn1c(C2CC2)nc2cc(Br)cnc21. The van der Waals surface area contributed by atoms with Crippen LogP contribution >= 0.6 is 15.9 Å². The Hall–Kier alpha value is -0.900. The summed E-state index contributed by atoms with van der Waals surface area (Å²) < 4.78 is 3.10. The van der Waals surface area contributed by atoms with Gasteiger partial charge in [-0.3, -0.25) is 0 Å². The van der Waals surface area contributed by atoms with Crippen molar-refractivity contribution in [1.82, 2.24) is 14.5 Å². The Morgan fingerprint density at radius 2 is 2.29 bits per heavy atom. The number of imidazole rings is 1. The number of nitrogens with zero attached hydrogens (tertiary/aromatic N) is 3. The van der Waals surface area contributed by atoms with Crippen molar-refractivity contribution >= 4 is 27.1 Å². The van der Waals surface area contributed by atoms with Crippen LogP contribution < -0.4 is 0 Å². The molecule has 3 rings (SSSR count). The number of aryl methyl sites for hydroxylation is 1. The normalized spacial score (nSPS) is 16.4. The zero-order valence-electron chi connectivity index (χ0n) is 7.87. The summed E-state index contributed by atoms with van der Waals surface area (Å²) in [6.45, 7) is 0. The Balaban J connectivity index is 2.28. The third-order valence-electron chi connectivity index (χ3n) is 2.65. The fourth-order valence-electron chi connectivity index (χ4n) is 1.78. The van der Waals surface area contributed by atoms with E-state index in [1.54, 1.807) is 0 Å². The van der Waals surface area contributed by atoms with Gasteiger partial charge in [0.15, 0.2) is 5.65 Å². The molecule has 2 heterocycles. The van der Waals surface area contributed by atoms with Crippen molar-refractivity contribution in [2.45, 2.75) is 18.8 Å². The van der Waals surface area contributed by atoms with Gasteiger partial charge in [0.25, 0.3) is 0 Å². The van der Waals surface area contributed by atoms with Crippen molar-refractivity contribution in [3.8, 4) is 0 Å². The van der Waals surface area contributed by atoms with Crippen molar-refractivity contribution in [2.24, 2.45) is 7.05 Å². The highest BCUT2D eigenvalue weighted by molar-refractivity contribution is 9.10. The monoisotopic (exact) mass is 251 g/mol. The fourth-order valence-corrected chi connectivity index (χ4v) is 2.09. The van der Waals surface area contributed by atoms with Gasteiger partial charge < -0.3 is 4.57 Å². The molecule has 1 saturated carbocycles. The summed E-state index contributed by atoms with van der Waals surface area (Å²) in [6.07, 6.45) is 4.37. The van der Waals surface area contributed by atoms with Gasteiger partial charge in [0.2, 0.25) is 0 Å². The minimum atomic E-state index is 0.674. The minimum absolute atomic E-state index is 0.674. The second kappa shape index (κ2) is 2.79. The summed E-state index contributed by atoms with van der Waals surface area (Å²) in [5, 5.41) is 0. The number of halogens is 1. The van der Waals surface area contributed by atoms with E-state index in [0.717, 1.165) is 15.6 Å². The van der Waals surface area contributed by atoms with E-state index in [4.69, 9.17) is 0 Å². The lowest BCUT2D eigenvalue weighted by atomic mass is 10.4. The summed E-state index contributed by atoms with van der Waals surface area (Å²) in [5.41, 5.74) is 1.97. The van der Waals surface area contributed by atoms with Gasteiger partial charge in [0.1, 0.15) is 11.3 Å². The Labute approximate surface area is 90.3 Å². The van der Waals surface area contributed by atoms with Crippen molar-refractivity contribution in [1.29, 1.82) is 0 Å². The third kappa shape index (κ3) is 1.17. The van der Waals surface area contributed by atoms with Crippen LogP contribution in [0.3, 0.4) is 0 Å². The Kier molecular flexibility index (Phi) is 1.68. The highest BCUT2D eigenvalue weighted by Crippen LogP contribution is 2.40. The smallest absolute Gasteiger partial charge is 0.159 e. The van der Waals surface area contributed by atoms with E-state index in [9.17, 15) is 0 Å². The molecule has 0 atom stereocenters. The first-order valence-corrected chi connectivity index (χ1v) is 5.53. The zero-order chi connectivity index (χ0) is 9.71. The van der Waals surface area contributed by atoms with Crippen LogP contribution in [-0.4, -0.2) is 14.5 Å². The van der Waals surface area contributed by atoms with Crippen molar-refractivity contribution in [3.05, 3.63) is 22.6 Å². The van der Waals surface area contributed by atoms with E-state index in [1.807, 2.05) is 19.3 Å². The molecule has 3 nitrogen and oxygen atoms in total. The number of pyridine rings is 1. The molecule has 0 aromatic carbocycles. The predicted molar refractivity (Wildman–Crippen MR) is 58.2 cm³/mol. The number of fused-ring (bicyclic) bond motifs is 1. The highest BCUT2D eigenvalue weighted by Gasteiger charge is 2.28. The number of hydrogen-bond acceptors (Lipinski definition) is 2. The maximum Gasteiger partial charge on any atom is 0.159 e. The maximum atomic E-state index is 4.61. The van der Waals surface area contributed by atoms with E-state index < -0.39 is 0 Å². The molecule has 14 heavy (non-hydrogen) atoms. The van der Waals surface area contributed by atoms with Crippen molar-refractivity contribution in [3.63, 3.8) is 0 Å². The lowest BCUT2D eigenvalue weighted by Gasteiger charge is -1.97. The first-order chi connectivity index (χ1) is 6.75. The molecular weight excluding hydrogens is 242 g/mol. The summed E-state index contributed by atoms with van der Waals surface area (Å²) >= 11 is 3.41. The van der Waals surface area contributed by atoms with Crippen LogP contribution in [0.2, 0.25) is 0 Å². The Morgan fingerprint density at radius 1 is 1.50 bits per heavy atom. The van der Waals surface area contributed by atoms with E-state index in [2.05, 4.69) is 30.5 Å². The Bertz CT molecular complexity index is 499. The molecule has 0 amide bonds. The number of aromatic nitrogens is 3. The lowest BCUT2D eigenvalue weighted by Crippen LogP contribution is -1.95. The van der Waals surface area contributed by atoms with Gasteiger partial charge in [-0.1, -0.05) is 0 Å². The molecule has 0 aliphatic heterocycles. The molecular formula is C10H10BrN3. The average Bonchev–Trinajstić information content (AvgIpc) is 2.93. The molecule has 0 radical (unpaired) electrons. The summed E-state index contributed by atoms with van der Waals surface area (Å²) in [4.78, 5) is 8.97. The van der Waals surface area contributed by atoms with Crippen LogP contribution in [0, 0.1) is 0 Å². The van der Waals surface area contributed by atoms with E-state index >= 15 is 0 Å². The first-order valence-electron chi connectivity index (χ1n) is 4.73. The second-order valence-corrected chi connectivity index (χ2v) is 4.72. The predicted octanol–water partition coefficient (Wildman–Crippen LogP) is 2.61. The third-order valence-corrected chi connectivity index (χ3v) is 3.09. The van der Waals surface area contributed by atoms with Crippen LogP contribution in [0.1, 0.15) is 24.6 Å². The lowest BCUT2D eigenvalue weighted by molar-refractivity contribution is 0.812. The van der Waals surface area contributed by atoms with Gasteiger partial charge >= 0.3 is 0 Å². The fraction of sp³-hybridized carbons (Fsp3) is 0.400. The van der Waals surface area contributed by atoms with Gasteiger partial charge in [-0.15, -0.1) is 0 Å². The molecule has 4 heteroatoms. The molecule has 0 bridgehead atoms. The maximum absolute atomic E-state index is 4.61. The van der Waals surface area contributed by atoms with Crippen LogP contribution in [0.25, 0.3) is 11.2 Å². The van der Waals surface area contributed by atoms with Crippen LogP contribution in [-0.2, 0) is 7.05 Å². The van der Waals surface area contributed by atoms with Gasteiger partial charge in [0.05, 0.1) is 0 Å². The van der Waals surface area contributed by atoms with Crippen LogP contribution in [0.4, 0.5) is 0 Å². The molecule has 72 valence electrons. The minimum Gasteiger partial charge on any atom is -0.316 e. The largest absolute Gasteiger partial charge is 0.316 e. The molecule has 0 N–H and O–H groups in total. The summed E-state index contributed by atoms with van der Waals surface area (Å²) in [6, 6.07) is 2.02. The van der Waals surface area contributed by atoms with E-state index in [1.165, 1.54) is 18.7 Å². The quantitative estimate of drug-likeness (QED) is 0.781. The summed E-state index contributed by atoms with van der Waals surface area (Å²) in [5.74, 6) is 1.86. The zero-order valence-corrected chi connectivity index (χ0v) is 9.45. The standard InChI is InChI=1S/C10H10BrN3/c1-14-9(6-2-3-6)13-8-4-7(11)5-12-10(8)14/h4-6H,2-3H2,1H3. The highest BCUT2D eigenvalue weighted by atomic mass is 79.9. The molecule has 1 aliphatic carbocycles.